The van der Waals surface area contributed by atoms with Gasteiger partial charge in [-0.1, -0.05) is 11.3 Å². The van der Waals surface area contributed by atoms with Gasteiger partial charge in [0.2, 0.25) is 5.91 Å². The molecule has 0 unspecified atom stereocenters. The average Bonchev–Trinajstić information content (AvgIpc) is 2.53. The molecule has 1 aromatic heterocycles. The number of hydrogen-bond acceptors (Lipinski definition) is 4. The Hall–Kier alpha value is -1.72. The summed E-state index contributed by atoms with van der Waals surface area (Å²) in [6.45, 7) is 3.92. The summed E-state index contributed by atoms with van der Waals surface area (Å²) in [7, 11) is 0. The second-order valence-electron chi connectivity index (χ2n) is 2.10. The monoisotopic (exact) mass is 167 g/mol. The van der Waals surface area contributed by atoms with E-state index < -0.39 is 0 Å². The van der Waals surface area contributed by atoms with Gasteiger partial charge in [-0.25, -0.2) is 0 Å². The zero-order chi connectivity index (χ0) is 8.81. The molecule has 0 saturated carbocycles. The Labute approximate surface area is 69.1 Å². The average molecular weight is 167 g/mol. The number of rotatable bonds is 4. The zero-order valence-corrected chi connectivity index (χ0v) is 6.45. The number of hydrogen-bond donors (Lipinski definition) is 2. The Bertz CT molecular complexity index is 255. The van der Waals surface area contributed by atoms with Gasteiger partial charge in [0.1, 0.15) is 0 Å². The Balaban J connectivity index is 2.32. The van der Waals surface area contributed by atoms with Gasteiger partial charge in [0.15, 0.2) is 5.82 Å². The summed E-state index contributed by atoms with van der Waals surface area (Å²) in [4.78, 5) is 11.0. The molecule has 0 atom stereocenters. The highest BCUT2D eigenvalue weighted by Crippen LogP contribution is 1.84. The number of carbonyl (C=O) groups is 1. The Morgan fingerprint density at radius 3 is 3.17 bits per heavy atom. The maximum absolute atomic E-state index is 11.0. The van der Waals surface area contributed by atoms with Crippen LogP contribution in [0.15, 0.2) is 12.7 Å². The first kappa shape index (κ1) is 8.38. The highest BCUT2D eigenvalue weighted by atomic mass is 16.1. The Morgan fingerprint density at radius 1 is 1.75 bits per heavy atom. The first-order chi connectivity index (χ1) is 5.83. The summed E-state index contributed by atoms with van der Waals surface area (Å²) in [5.74, 6) is 0.243. The van der Waals surface area contributed by atoms with E-state index in [1.807, 2.05) is 0 Å². The van der Waals surface area contributed by atoms with E-state index in [4.69, 9.17) is 0 Å². The number of aromatic amines is 1. The summed E-state index contributed by atoms with van der Waals surface area (Å²) in [5, 5.41) is 15.4. The van der Waals surface area contributed by atoms with Gasteiger partial charge >= 0.3 is 0 Å². The van der Waals surface area contributed by atoms with Crippen LogP contribution in [0.1, 0.15) is 5.82 Å². The van der Waals surface area contributed by atoms with Crippen LogP contribution in [0.4, 0.5) is 0 Å². The molecule has 1 rings (SSSR count). The number of aromatic nitrogens is 4. The van der Waals surface area contributed by atoms with E-state index in [0.717, 1.165) is 0 Å². The topological polar surface area (TPSA) is 83.6 Å². The lowest BCUT2D eigenvalue weighted by molar-refractivity contribution is -0.120. The van der Waals surface area contributed by atoms with Crippen molar-refractivity contribution in [2.45, 2.75) is 6.42 Å². The van der Waals surface area contributed by atoms with Crippen LogP contribution in [0.3, 0.4) is 0 Å². The molecule has 64 valence electrons. The van der Waals surface area contributed by atoms with Crippen molar-refractivity contribution in [1.82, 2.24) is 25.9 Å². The summed E-state index contributed by atoms with van der Waals surface area (Å²) >= 11 is 0. The number of H-pyrrole nitrogens is 1. The van der Waals surface area contributed by atoms with Gasteiger partial charge in [0, 0.05) is 6.54 Å². The van der Waals surface area contributed by atoms with Crippen molar-refractivity contribution in [3.05, 3.63) is 18.5 Å². The Kier molecular flexibility index (Phi) is 2.95. The lowest BCUT2D eigenvalue weighted by atomic mass is 10.4. The fraction of sp³-hybridized carbons (Fsp3) is 0.333. The van der Waals surface area contributed by atoms with Crippen LogP contribution < -0.4 is 5.32 Å². The zero-order valence-electron chi connectivity index (χ0n) is 6.45. The van der Waals surface area contributed by atoms with E-state index in [0.29, 0.717) is 12.4 Å². The normalized spacial score (nSPS) is 9.33. The number of nitrogens with zero attached hydrogens (tertiary/aromatic N) is 3. The lowest BCUT2D eigenvalue weighted by Gasteiger charge is -1.96. The van der Waals surface area contributed by atoms with Gasteiger partial charge in [-0.2, -0.15) is 5.21 Å². The molecule has 0 aliphatic rings. The molecule has 0 aliphatic heterocycles. The quantitative estimate of drug-likeness (QED) is 0.566. The van der Waals surface area contributed by atoms with Gasteiger partial charge < -0.3 is 5.32 Å². The molecule has 6 heteroatoms. The maximum Gasteiger partial charge on any atom is 0.228 e. The minimum atomic E-state index is -0.142. The van der Waals surface area contributed by atoms with Crippen molar-refractivity contribution in [2.24, 2.45) is 0 Å². The molecule has 1 heterocycles. The number of nitrogens with one attached hydrogen (secondary N) is 2. The van der Waals surface area contributed by atoms with Crippen LogP contribution in [-0.2, 0) is 11.2 Å². The van der Waals surface area contributed by atoms with Crippen molar-refractivity contribution in [1.29, 1.82) is 0 Å². The van der Waals surface area contributed by atoms with Crippen LogP contribution in [-0.4, -0.2) is 33.1 Å². The molecule has 0 aromatic carbocycles. The number of tetrazole rings is 1. The third-order valence-corrected chi connectivity index (χ3v) is 1.15. The summed E-state index contributed by atoms with van der Waals surface area (Å²) in [6, 6.07) is 0. The van der Waals surface area contributed by atoms with Gasteiger partial charge in [0.25, 0.3) is 0 Å². The molecule has 0 radical (unpaired) electrons. The van der Waals surface area contributed by atoms with Gasteiger partial charge in [0.05, 0.1) is 6.42 Å². The highest BCUT2D eigenvalue weighted by Gasteiger charge is 2.04. The maximum atomic E-state index is 11.0. The SMILES string of the molecule is C=CCNC(=O)Cc1nn[nH]n1. The molecule has 0 bridgehead atoms. The van der Waals surface area contributed by atoms with Crippen molar-refractivity contribution < 1.29 is 4.79 Å². The van der Waals surface area contributed by atoms with Crippen molar-refractivity contribution in [3.63, 3.8) is 0 Å². The van der Waals surface area contributed by atoms with Gasteiger partial charge in [-0.05, 0) is 0 Å². The van der Waals surface area contributed by atoms with Crippen LogP contribution in [0.2, 0.25) is 0 Å². The molecule has 1 amide bonds. The van der Waals surface area contributed by atoms with E-state index in [9.17, 15) is 4.79 Å². The largest absolute Gasteiger partial charge is 0.352 e. The van der Waals surface area contributed by atoms with Crippen LogP contribution in [0, 0.1) is 0 Å². The predicted molar refractivity (Wildman–Crippen MR) is 41.1 cm³/mol. The second-order valence-corrected chi connectivity index (χ2v) is 2.10. The minimum absolute atomic E-state index is 0.142. The summed E-state index contributed by atoms with van der Waals surface area (Å²) in [6.07, 6.45) is 1.75. The van der Waals surface area contributed by atoms with Crippen molar-refractivity contribution in [2.75, 3.05) is 6.54 Å². The van der Waals surface area contributed by atoms with Crippen molar-refractivity contribution in [3.8, 4) is 0 Å². The molecule has 12 heavy (non-hydrogen) atoms. The fourth-order valence-corrected chi connectivity index (χ4v) is 0.650. The third kappa shape index (κ3) is 2.49. The van der Waals surface area contributed by atoms with E-state index >= 15 is 0 Å². The van der Waals surface area contributed by atoms with E-state index in [2.05, 4.69) is 32.5 Å². The molecular weight excluding hydrogens is 158 g/mol. The molecule has 0 saturated heterocycles. The first-order valence-electron chi connectivity index (χ1n) is 3.43. The number of carbonyl (C=O) groups excluding carboxylic acids is 1. The molecule has 0 fully saturated rings. The molecule has 1 aromatic rings. The molecular formula is C6H9N5O. The molecule has 6 nitrogen and oxygen atoms in total. The van der Waals surface area contributed by atoms with Crippen LogP contribution in [0.5, 0.6) is 0 Å². The standard InChI is InChI=1S/C6H9N5O/c1-2-3-7-6(12)4-5-8-10-11-9-5/h2H,1,3-4H2,(H,7,12)(H,8,9,10,11). The predicted octanol–water partition coefficient (Wildman–Crippen LogP) is -0.956. The fourth-order valence-electron chi connectivity index (χ4n) is 0.650. The highest BCUT2D eigenvalue weighted by molar-refractivity contribution is 5.77. The van der Waals surface area contributed by atoms with Crippen LogP contribution in [0.25, 0.3) is 0 Å². The van der Waals surface area contributed by atoms with E-state index in [1.165, 1.54) is 0 Å². The van der Waals surface area contributed by atoms with Crippen molar-refractivity contribution >= 4 is 5.91 Å². The smallest absolute Gasteiger partial charge is 0.228 e. The van der Waals surface area contributed by atoms with Gasteiger partial charge in [-0.3, -0.25) is 4.79 Å². The van der Waals surface area contributed by atoms with E-state index in [-0.39, 0.29) is 12.3 Å². The molecule has 0 spiro atoms. The van der Waals surface area contributed by atoms with Crippen LogP contribution >= 0.6 is 0 Å². The minimum Gasteiger partial charge on any atom is -0.352 e. The third-order valence-electron chi connectivity index (χ3n) is 1.15. The Morgan fingerprint density at radius 2 is 2.58 bits per heavy atom. The summed E-state index contributed by atoms with van der Waals surface area (Å²) in [5.41, 5.74) is 0. The van der Waals surface area contributed by atoms with Gasteiger partial charge in [-0.15, -0.1) is 16.8 Å². The molecule has 2 N–H and O–H groups in total. The first-order valence-corrected chi connectivity index (χ1v) is 3.43. The second kappa shape index (κ2) is 4.22. The van der Waals surface area contributed by atoms with E-state index in [1.54, 1.807) is 6.08 Å². The summed E-state index contributed by atoms with van der Waals surface area (Å²) < 4.78 is 0. The lowest BCUT2D eigenvalue weighted by Crippen LogP contribution is -2.25. The molecule has 0 aliphatic carbocycles. The number of amides is 1.